The number of halogens is 5. The highest BCUT2D eigenvalue weighted by Crippen LogP contribution is 2.34. The maximum Gasteiger partial charge on any atom is 0.390 e. The lowest BCUT2D eigenvalue weighted by molar-refractivity contribution is -0.136. The van der Waals surface area contributed by atoms with Crippen LogP contribution < -0.4 is 5.73 Å². The fourth-order valence-electron chi connectivity index (χ4n) is 2.14. The third-order valence-corrected chi connectivity index (χ3v) is 4.59. The number of rotatable bonds is 4. The summed E-state index contributed by atoms with van der Waals surface area (Å²) in [5.41, 5.74) is 6.25. The Morgan fingerprint density at radius 1 is 1.12 bits per heavy atom. The largest absolute Gasteiger partial charge is 0.390 e. The van der Waals surface area contributed by atoms with E-state index in [2.05, 4.69) is 15.0 Å². The van der Waals surface area contributed by atoms with Gasteiger partial charge in [-0.2, -0.15) is 13.2 Å². The molecule has 1 aromatic carbocycles. The number of anilines is 1. The number of fused-ring (bicyclic) bond motifs is 1. The van der Waals surface area contributed by atoms with Crippen molar-refractivity contribution in [2.75, 3.05) is 5.73 Å². The zero-order valence-corrected chi connectivity index (χ0v) is 14.7. The minimum Gasteiger partial charge on any atom is -0.382 e. The van der Waals surface area contributed by atoms with Gasteiger partial charge in [-0.25, -0.2) is 15.0 Å². The normalized spacial score (nSPS) is 12.0. The van der Waals surface area contributed by atoms with Crippen LogP contribution in [0.1, 0.15) is 6.42 Å². The SMILES string of the molecule is Nc1ncnc2c1nc(Sc1cc(Cl)cc(Cl)c1)n2CCC(F)(F)F. The first-order valence-corrected chi connectivity index (χ1v) is 8.47. The summed E-state index contributed by atoms with van der Waals surface area (Å²) in [6.07, 6.45) is -4.14. The molecule has 0 aliphatic heterocycles. The van der Waals surface area contributed by atoms with E-state index in [0.29, 0.717) is 20.1 Å². The second-order valence-corrected chi connectivity index (χ2v) is 6.96. The number of alkyl halides is 3. The molecule has 3 aromatic rings. The van der Waals surface area contributed by atoms with E-state index < -0.39 is 12.6 Å². The van der Waals surface area contributed by atoms with Gasteiger partial charge < -0.3 is 10.3 Å². The van der Waals surface area contributed by atoms with E-state index in [1.54, 1.807) is 18.2 Å². The topological polar surface area (TPSA) is 69.6 Å². The fraction of sp³-hybridized carbons (Fsp3) is 0.214. The minimum absolute atomic E-state index is 0.0988. The van der Waals surface area contributed by atoms with Crippen molar-refractivity contribution in [3.8, 4) is 0 Å². The highest BCUT2D eigenvalue weighted by Gasteiger charge is 2.28. The predicted molar refractivity (Wildman–Crippen MR) is 91.0 cm³/mol. The quantitative estimate of drug-likeness (QED) is 0.671. The van der Waals surface area contributed by atoms with Gasteiger partial charge >= 0.3 is 6.18 Å². The van der Waals surface area contributed by atoms with Gasteiger partial charge in [0, 0.05) is 21.5 Å². The van der Waals surface area contributed by atoms with Crippen molar-refractivity contribution in [3.05, 3.63) is 34.6 Å². The molecule has 0 bridgehead atoms. The minimum atomic E-state index is -4.31. The molecule has 11 heteroatoms. The van der Waals surface area contributed by atoms with E-state index in [9.17, 15) is 13.2 Å². The van der Waals surface area contributed by atoms with Crippen molar-refractivity contribution in [3.63, 3.8) is 0 Å². The Balaban J connectivity index is 2.04. The van der Waals surface area contributed by atoms with Gasteiger partial charge in [-0.15, -0.1) is 0 Å². The number of hydrogen-bond acceptors (Lipinski definition) is 5. The lowest BCUT2D eigenvalue weighted by Crippen LogP contribution is -2.13. The number of nitrogen functional groups attached to an aromatic ring is 1. The summed E-state index contributed by atoms with van der Waals surface area (Å²) >= 11 is 13.0. The second-order valence-electron chi connectivity index (χ2n) is 5.05. The first-order chi connectivity index (χ1) is 11.7. The van der Waals surface area contributed by atoms with E-state index in [0.717, 1.165) is 11.8 Å². The molecule has 0 saturated carbocycles. The number of nitrogens with two attached hydrogens (primary N) is 1. The first kappa shape index (κ1) is 18.1. The zero-order chi connectivity index (χ0) is 18.2. The monoisotopic (exact) mass is 407 g/mol. The van der Waals surface area contributed by atoms with E-state index in [1.165, 1.54) is 10.9 Å². The van der Waals surface area contributed by atoms with Gasteiger partial charge in [-0.3, -0.25) is 0 Å². The molecule has 0 fully saturated rings. The number of aryl methyl sites for hydroxylation is 1. The van der Waals surface area contributed by atoms with Gasteiger partial charge in [0.25, 0.3) is 0 Å². The zero-order valence-electron chi connectivity index (χ0n) is 12.4. The smallest absolute Gasteiger partial charge is 0.382 e. The van der Waals surface area contributed by atoms with Crippen LogP contribution in [0.3, 0.4) is 0 Å². The molecule has 3 rings (SSSR count). The molecule has 0 aliphatic carbocycles. The third kappa shape index (κ3) is 4.28. The van der Waals surface area contributed by atoms with Crippen LogP contribution in [0.4, 0.5) is 19.0 Å². The van der Waals surface area contributed by atoms with E-state index >= 15 is 0 Å². The number of benzene rings is 1. The van der Waals surface area contributed by atoms with Crippen LogP contribution in [0.2, 0.25) is 10.0 Å². The van der Waals surface area contributed by atoms with Gasteiger partial charge in [0.15, 0.2) is 22.1 Å². The maximum atomic E-state index is 12.7. The molecule has 5 nitrogen and oxygen atoms in total. The summed E-state index contributed by atoms with van der Waals surface area (Å²) in [6.45, 7) is -0.340. The van der Waals surface area contributed by atoms with Crippen LogP contribution in [0.15, 0.2) is 34.6 Å². The summed E-state index contributed by atoms with van der Waals surface area (Å²) in [7, 11) is 0. The average molecular weight is 408 g/mol. The molecule has 2 aromatic heterocycles. The molecule has 0 saturated heterocycles. The number of aromatic nitrogens is 4. The lowest BCUT2D eigenvalue weighted by Gasteiger charge is -2.10. The molecule has 2 N–H and O–H groups in total. The van der Waals surface area contributed by atoms with Gasteiger partial charge in [0.2, 0.25) is 0 Å². The maximum absolute atomic E-state index is 12.7. The molecule has 132 valence electrons. The standard InChI is InChI=1S/C14H10Cl2F3N5S/c15-7-3-8(16)5-9(4-7)25-13-23-10-11(20)21-6-22-12(10)24(13)2-1-14(17,18)19/h3-6H,1-2H2,(H2,20,21,22). The Morgan fingerprint density at radius 3 is 2.44 bits per heavy atom. The lowest BCUT2D eigenvalue weighted by atomic mass is 10.4. The summed E-state index contributed by atoms with van der Waals surface area (Å²) < 4.78 is 39.3. The Labute approximate surface area is 154 Å². The van der Waals surface area contributed by atoms with Crippen LogP contribution in [0.5, 0.6) is 0 Å². The van der Waals surface area contributed by atoms with Crippen LogP contribution in [-0.2, 0) is 6.54 Å². The number of nitrogens with zero attached hydrogens (tertiary/aromatic N) is 4. The summed E-state index contributed by atoms with van der Waals surface area (Å²) in [4.78, 5) is 12.8. The molecule has 0 amide bonds. The number of hydrogen-bond donors (Lipinski definition) is 1. The first-order valence-electron chi connectivity index (χ1n) is 6.90. The molecular formula is C14H10Cl2F3N5S. The molecule has 0 unspecified atom stereocenters. The molecule has 0 atom stereocenters. The molecule has 0 spiro atoms. The highest BCUT2D eigenvalue weighted by molar-refractivity contribution is 7.99. The van der Waals surface area contributed by atoms with E-state index in [4.69, 9.17) is 28.9 Å². The van der Waals surface area contributed by atoms with Crippen LogP contribution in [0.25, 0.3) is 11.2 Å². The highest BCUT2D eigenvalue weighted by atomic mass is 35.5. The van der Waals surface area contributed by atoms with Crippen molar-refractivity contribution in [2.24, 2.45) is 0 Å². The van der Waals surface area contributed by atoms with Crippen molar-refractivity contribution in [2.45, 2.75) is 29.2 Å². The second kappa shape index (κ2) is 6.89. The van der Waals surface area contributed by atoms with Gasteiger partial charge in [0.05, 0.1) is 6.42 Å². The Morgan fingerprint density at radius 2 is 1.80 bits per heavy atom. The van der Waals surface area contributed by atoms with Gasteiger partial charge in [0.1, 0.15) is 6.33 Å². The third-order valence-electron chi connectivity index (χ3n) is 3.19. The molecular weight excluding hydrogens is 398 g/mol. The molecule has 0 radical (unpaired) electrons. The summed E-state index contributed by atoms with van der Waals surface area (Å²) in [5, 5.41) is 1.12. The summed E-state index contributed by atoms with van der Waals surface area (Å²) in [6, 6.07) is 4.84. The average Bonchev–Trinajstić information content (AvgIpc) is 2.82. The van der Waals surface area contributed by atoms with E-state index in [-0.39, 0.29) is 23.5 Å². The Hall–Kier alpha value is -1.71. The molecule has 25 heavy (non-hydrogen) atoms. The number of imidazole rings is 1. The van der Waals surface area contributed by atoms with Crippen molar-refractivity contribution in [1.82, 2.24) is 19.5 Å². The van der Waals surface area contributed by atoms with Crippen LogP contribution in [0, 0.1) is 0 Å². The van der Waals surface area contributed by atoms with Crippen molar-refractivity contribution in [1.29, 1.82) is 0 Å². The Bertz CT molecular complexity index is 908. The van der Waals surface area contributed by atoms with Crippen molar-refractivity contribution >= 4 is 51.9 Å². The molecule has 0 aliphatic rings. The van der Waals surface area contributed by atoms with E-state index in [1.807, 2.05) is 0 Å². The van der Waals surface area contributed by atoms with Gasteiger partial charge in [-0.1, -0.05) is 35.0 Å². The Kier molecular flexibility index (Phi) is 4.99. The van der Waals surface area contributed by atoms with Gasteiger partial charge in [-0.05, 0) is 18.2 Å². The predicted octanol–water partition coefficient (Wildman–Crippen LogP) is 4.82. The summed E-state index contributed by atoms with van der Waals surface area (Å²) in [5.74, 6) is 0.0988. The molecule has 2 heterocycles. The fourth-order valence-corrected chi connectivity index (χ4v) is 3.81. The van der Waals surface area contributed by atoms with Crippen LogP contribution in [-0.4, -0.2) is 25.7 Å². The van der Waals surface area contributed by atoms with Crippen molar-refractivity contribution < 1.29 is 13.2 Å². The van der Waals surface area contributed by atoms with Crippen LogP contribution >= 0.6 is 35.0 Å².